The van der Waals surface area contributed by atoms with Crippen molar-refractivity contribution in [3.8, 4) is 0 Å². The van der Waals surface area contributed by atoms with Crippen LogP contribution in [-0.4, -0.2) is 80.8 Å². The molecule has 3 aliphatic heterocycles. The number of carbonyl (C=O) groups is 3. The maximum Gasteiger partial charge on any atom is 0.310 e. The van der Waals surface area contributed by atoms with Crippen LogP contribution < -0.4 is 0 Å². The first-order valence-electron chi connectivity index (χ1n) is 12.5. The van der Waals surface area contributed by atoms with E-state index >= 15 is 0 Å². The van der Waals surface area contributed by atoms with Gasteiger partial charge in [-0.15, -0.1) is 6.58 Å². The Hall–Kier alpha value is -1.93. The lowest BCUT2D eigenvalue weighted by molar-refractivity contribution is -0.154. The van der Waals surface area contributed by atoms with Gasteiger partial charge in [0.2, 0.25) is 11.8 Å². The Labute approximate surface area is 195 Å². The van der Waals surface area contributed by atoms with Crippen molar-refractivity contribution in [2.24, 2.45) is 17.8 Å². The van der Waals surface area contributed by atoms with E-state index in [1.165, 1.54) is 4.90 Å². The maximum absolute atomic E-state index is 14.3. The van der Waals surface area contributed by atoms with Gasteiger partial charge in [-0.25, -0.2) is 0 Å². The molecule has 184 valence electrons. The van der Waals surface area contributed by atoms with Gasteiger partial charge in [-0.05, 0) is 38.0 Å². The van der Waals surface area contributed by atoms with Crippen LogP contribution in [0.5, 0.6) is 0 Å². The summed E-state index contributed by atoms with van der Waals surface area (Å²) in [5.41, 5.74) is -1.14. The lowest BCUT2D eigenvalue weighted by atomic mass is 9.70. The topological polar surface area (TPSA) is 107 Å². The van der Waals surface area contributed by atoms with E-state index in [2.05, 4.69) is 6.58 Å². The highest BCUT2D eigenvalue weighted by molar-refractivity contribution is 5.98. The van der Waals surface area contributed by atoms with E-state index < -0.39 is 41.6 Å². The summed E-state index contributed by atoms with van der Waals surface area (Å²) in [6, 6.07) is -1.40. The van der Waals surface area contributed by atoms with Crippen molar-refractivity contribution in [3.63, 3.8) is 0 Å². The van der Waals surface area contributed by atoms with Crippen LogP contribution in [0.2, 0.25) is 0 Å². The highest BCUT2D eigenvalue weighted by Gasteiger charge is 2.75. The molecule has 4 rings (SSSR count). The molecule has 0 aromatic rings. The second-order valence-electron chi connectivity index (χ2n) is 10.7. The van der Waals surface area contributed by atoms with Crippen LogP contribution >= 0.6 is 0 Å². The number of nitrogens with zero attached hydrogens (tertiary/aromatic N) is 2. The molecule has 4 aliphatic rings. The van der Waals surface area contributed by atoms with Gasteiger partial charge in [0.05, 0.1) is 30.6 Å². The minimum Gasteiger partial charge on any atom is -0.481 e. The fraction of sp³-hybridized carbons (Fsp3) is 0.800. The zero-order valence-electron chi connectivity index (χ0n) is 19.8. The van der Waals surface area contributed by atoms with Gasteiger partial charge in [-0.1, -0.05) is 39.2 Å². The molecule has 4 fully saturated rings. The number of hydrogen-bond donors (Lipinski definition) is 2. The monoisotopic (exact) mass is 462 g/mol. The van der Waals surface area contributed by atoms with Crippen LogP contribution in [0.4, 0.5) is 0 Å². The van der Waals surface area contributed by atoms with Crippen LogP contribution in [0.25, 0.3) is 0 Å². The van der Waals surface area contributed by atoms with Crippen LogP contribution in [0.3, 0.4) is 0 Å². The van der Waals surface area contributed by atoms with Gasteiger partial charge >= 0.3 is 5.97 Å². The number of hydrogen-bond acceptors (Lipinski definition) is 5. The minimum atomic E-state index is -1.14. The highest BCUT2D eigenvalue weighted by atomic mass is 16.5. The quantitative estimate of drug-likeness (QED) is 0.509. The number of fused-ring (bicyclic) bond motifs is 1. The number of carboxylic acids is 1. The Bertz CT molecular complexity index is 794. The molecule has 0 aromatic carbocycles. The molecule has 0 unspecified atom stereocenters. The fourth-order valence-electron chi connectivity index (χ4n) is 6.97. The van der Waals surface area contributed by atoms with E-state index in [1.807, 2.05) is 18.7 Å². The van der Waals surface area contributed by atoms with Crippen molar-refractivity contribution in [2.45, 2.75) is 95.0 Å². The zero-order valence-corrected chi connectivity index (χ0v) is 19.8. The standard InChI is InChI=1S/C25H38N2O6/c1-4-12-26(16-8-6-5-7-9-16)23(30)21-25-11-10-18(33-25)19(24(31)32)20(25)22(29)27(21)17(14-28)13-15(2)3/h4,15-21,28H,1,5-14H2,2-3H3,(H,31,32)/t17-,18-,19+,20+,21-,25+/m1/s1. The molecular formula is C25H38N2O6. The van der Waals surface area contributed by atoms with Gasteiger partial charge in [0.15, 0.2) is 0 Å². The van der Waals surface area contributed by atoms with E-state index in [9.17, 15) is 24.6 Å². The SMILES string of the molecule is C=CCN(C(=O)[C@H]1N([C@@H](CO)CC(C)C)C(=O)[C@@H]2[C@@H](C(=O)O)[C@H]3CC[C@]21O3)C1CCCCC1. The third-order valence-corrected chi connectivity index (χ3v) is 8.23. The average Bonchev–Trinajstić information content (AvgIpc) is 3.43. The van der Waals surface area contributed by atoms with Gasteiger partial charge in [0, 0.05) is 12.6 Å². The molecule has 0 aromatic heterocycles. The third-order valence-electron chi connectivity index (χ3n) is 8.23. The predicted octanol–water partition coefficient (Wildman–Crippen LogP) is 2.20. The molecule has 0 radical (unpaired) electrons. The molecule has 6 atom stereocenters. The summed E-state index contributed by atoms with van der Waals surface area (Å²) in [6.07, 6.45) is 7.79. The molecule has 3 heterocycles. The van der Waals surface area contributed by atoms with Crippen molar-refractivity contribution in [3.05, 3.63) is 12.7 Å². The summed E-state index contributed by atoms with van der Waals surface area (Å²) in [4.78, 5) is 43.6. The molecule has 2 N–H and O–H groups in total. The van der Waals surface area contributed by atoms with Gasteiger partial charge in [-0.3, -0.25) is 14.4 Å². The van der Waals surface area contributed by atoms with Crippen LogP contribution in [0, 0.1) is 17.8 Å². The number of aliphatic carboxylic acids is 1. The Morgan fingerprint density at radius 1 is 1.27 bits per heavy atom. The maximum atomic E-state index is 14.3. The van der Waals surface area contributed by atoms with Crippen molar-refractivity contribution < 1.29 is 29.3 Å². The summed E-state index contributed by atoms with van der Waals surface area (Å²) >= 11 is 0. The molecule has 2 amide bonds. The van der Waals surface area contributed by atoms with E-state index in [0.29, 0.717) is 25.8 Å². The lowest BCUT2D eigenvalue weighted by Crippen LogP contribution is -2.60. The number of carboxylic acid groups (broad SMARTS) is 1. The number of aliphatic hydroxyl groups excluding tert-OH is 1. The van der Waals surface area contributed by atoms with E-state index in [1.54, 1.807) is 6.08 Å². The normalized spacial score (nSPS) is 34.5. The molecule has 8 heteroatoms. The number of rotatable bonds is 9. The predicted molar refractivity (Wildman–Crippen MR) is 121 cm³/mol. The van der Waals surface area contributed by atoms with Crippen LogP contribution in [0.15, 0.2) is 12.7 Å². The zero-order chi connectivity index (χ0) is 23.9. The fourth-order valence-corrected chi connectivity index (χ4v) is 6.97. The number of likely N-dealkylation sites (tertiary alicyclic amines) is 1. The molecular weight excluding hydrogens is 424 g/mol. The Morgan fingerprint density at radius 2 is 1.97 bits per heavy atom. The first-order valence-corrected chi connectivity index (χ1v) is 12.5. The molecule has 8 nitrogen and oxygen atoms in total. The number of amides is 2. The van der Waals surface area contributed by atoms with E-state index in [-0.39, 0.29) is 30.4 Å². The van der Waals surface area contributed by atoms with E-state index in [4.69, 9.17) is 4.74 Å². The van der Waals surface area contributed by atoms with Crippen molar-refractivity contribution in [1.29, 1.82) is 0 Å². The average molecular weight is 463 g/mol. The first kappa shape index (κ1) is 24.2. The van der Waals surface area contributed by atoms with Crippen LogP contribution in [0.1, 0.15) is 65.2 Å². The highest BCUT2D eigenvalue weighted by Crippen LogP contribution is 2.59. The van der Waals surface area contributed by atoms with Crippen molar-refractivity contribution >= 4 is 17.8 Å². The van der Waals surface area contributed by atoms with Gasteiger partial charge in [0.25, 0.3) is 0 Å². The van der Waals surface area contributed by atoms with Crippen LogP contribution in [-0.2, 0) is 19.1 Å². The summed E-state index contributed by atoms with van der Waals surface area (Å²) < 4.78 is 6.31. The van der Waals surface area contributed by atoms with E-state index in [0.717, 1.165) is 32.1 Å². The number of aliphatic hydroxyl groups is 1. The van der Waals surface area contributed by atoms with Gasteiger partial charge < -0.3 is 24.7 Å². The third kappa shape index (κ3) is 3.89. The second kappa shape index (κ2) is 9.37. The summed E-state index contributed by atoms with van der Waals surface area (Å²) in [5, 5.41) is 20.2. The Balaban J connectivity index is 1.77. The largest absolute Gasteiger partial charge is 0.481 e. The van der Waals surface area contributed by atoms with Crippen molar-refractivity contribution in [1.82, 2.24) is 9.80 Å². The number of ether oxygens (including phenoxy) is 1. The molecule has 33 heavy (non-hydrogen) atoms. The smallest absolute Gasteiger partial charge is 0.310 e. The molecule has 3 saturated heterocycles. The number of carbonyl (C=O) groups excluding carboxylic acids is 2. The summed E-state index contributed by atoms with van der Waals surface area (Å²) in [6.45, 7) is 7.97. The Morgan fingerprint density at radius 3 is 2.55 bits per heavy atom. The minimum absolute atomic E-state index is 0.0724. The summed E-state index contributed by atoms with van der Waals surface area (Å²) in [5.74, 6) is -3.24. The Kier molecular flexibility index (Phi) is 6.87. The van der Waals surface area contributed by atoms with Gasteiger partial charge in [-0.2, -0.15) is 0 Å². The molecule has 1 aliphatic carbocycles. The molecule has 1 saturated carbocycles. The molecule has 2 bridgehead atoms. The van der Waals surface area contributed by atoms with Crippen molar-refractivity contribution in [2.75, 3.05) is 13.2 Å². The second-order valence-corrected chi connectivity index (χ2v) is 10.7. The first-order chi connectivity index (χ1) is 15.8. The molecule has 1 spiro atoms. The van der Waals surface area contributed by atoms with Gasteiger partial charge in [0.1, 0.15) is 11.6 Å². The lowest BCUT2D eigenvalue weighted by Gasteiger charge is -2.42. The summed E-state index contributed by atoms with van der Waals surface area (Å²) in [7, 11) is 0.